The fourth-order valence-electron chi connectivity index (χ4n) is 2.70. The van der Waals surface area contributed by atoms with Crippen molar-refractivity contribution in [3.05, 3.63) is 53.9 Å². The lowest BCUT2D eigenvalue weighted by Crippen LogP contribution is -1.99. The summed E-state index contributed by atoms with van der Waals surface area (Å²) in [6, 6.07) is 14.6. The van der Waals surface area contributed by atoms with E-state index >= 15 is 0 Å². The number of fused-ring (bicyclic) bond motifs is 1. The second kappa shape index (κ2) is 4.10. The maximum atomic E-state index is 5.88. The van der Waals surface area contributed by atoms with Crippen LogP contribution in [0.1, 0.15) is 30.1 Å². The Hall–Kier alpha value is -2.29. The number of rotatable bonds is 2. The van der Waals surface area contributed by atoms with Crippen molar-refractivity contribution >= 4 is 16.7 Å². The number of aromatic nitrogens is 2. The summed E-state index contributed by atoms with van der Waals surface area (Å²) in [4.78, 5) is 4.82. The average molecular weight is 263 g/mol. The van der Waals surface area contributed by atoms with Crippen molar-refractivity contribution in [3.8, 4) is 5.69 Å². The van der Waals surface area contributed by atoms with E-state index in [-0.39, 0.29) is 0 Å². The van der Waals surface area contributed by atoms with Crippen molar-refractivity contribution in [1.82, 2.24) is 9.55 Å². The molecule has 3 nitrogen and oxygen atoms in total. The van der Waals surface area contributed by atoms with E-state index < -0.39 is 0 Å². The summed E-state index contributed by atoms with van der Waals surface area (Å²) in [5.74, 6) is 1.78. The van der Waals surface area contributed by atoms with Crippen molar-refractivity contribution in [1.29, 1.82) is 0 Å². The SMILES string of the molecule is Cc1ccc(-n2c(C3CC3)nc3cc(N)ccc32)cc1. The van der Waals surface area contributed by atoms with Crippen LogP contribution in [0.2, 0.25) is 0 Å². The van der Waals surface area contributed by atoms with Gasteiger partial charge in [0.15, 0.2) is 0 Å². The summed E-state index contributed by atoms with van der Waals surface area (Å²) in [6.45, 7) is 2.11. The molecule has 2 N–H and O–H groups in total. The average Bonchev–Trinajstić information content (AvgIpc) is 3.21. The zero-order chi connectivity index (χ0) is 13.7. The van der Waals surface area contributed by atoms with Crippen molar-refractivity contribution in [3.63, 3.8) is 0 Å². The lowest BCUT2D eigenvalue weighted by Gasteiger charge is -2.09. The Morgan fingerprint density at radius 2 is 1.85 bits per heavy atom. The molecule has 3 heteroatoms. The number of benzene rings is 2. The van der Waals surface area contributed by atoms with Gasteiger partial charge in [0.1, 0.15) is 5.82 Å². The van der Waals surface area contributed by atoms with Crippen LogP contribution in [0.4, 0.5) is 5.69 Å². The van der Waals surface area contributed by atoms with Gasteiger partial charge in [0, 0.05) is 17.3 Å². The molecule has 0 spiro atoms. The smallest absolute Gasteiger partial charge is 0.117 e. The second-order valence-electron chi connectivity index (χ2n) is 5.66. The highest BCUT2D eigenvalue weighted by atomic mass is 15.1. The molecule has 1 heterocycles. The molecule has 0 saturated heterocycles. The summed E-state index contributed by atoms with van der Waals surface area (Å²) in [7, 11) is 0. The van der Waals surface area contributed by atoms with E-state index in [1.54, 1.807) is 0 Å². The molecule has 2 aromatic carbocycles. The first-order valence-corrected chi connectivity index (χ1v) is 7.07. The van der Waals surface area contributed by atoms with Gasteiger partial charge in [-0.1, -0.05) is 17.7 Å². The first kappa shape index (κ1) is 11.5. The van der Waals surface area contributed by atoms with Crippen LogP contribution in [-0.2, 0) is 0 Å². The van der Waals surface area contributed by atoms with E-state index in [1.165, 1.54) is 29.9 Å². The van der Waals surface area contributed by atoms with E-state index in [0.717, 1.165) is 16.7 Å². The maximum absolute atomic E-state index is 5.88. The number of nitrogens with zero attached hydrogens (tertiary/aromatic N) is 2. The lowest BCUT2D eigenvalue weighted by atomic mass is 10.2. The highest BCUT2D eigenvalue weighted by molar-refractivity contribution is 5.81. The second-order valence-corrected chi connectivity index (χ2v) is 5.66. The topological polar surface area (TPSA) is 43.8 Å². The molecular weight excluding hydrogens is 246 g/mol. The molecule has 20 heavy (non-hydrogen) atoms. The summed E-state index contributed by atoms with van der Waals surface area (Å²) in [6.07, 6.45) is 2.48. The van der Waals surface area contributed by atoms with Gasteiger partial charge in [-0.2, -0.15) is 0 Å². The van der Waals surface area contributed by atoms with Gasteiger partial charge in [0.25, 0.3) is 0 Å². The Balaban J connectivity index is 2.00. The quantitative estimate of drug-likeness (QED) is 0.715. The van der Waals surface area contributed by atoms with Gasteiger partial charge in [0.2, 0.25) is 0 Å². The van der Waals surface area contributed by atoms with Crippen molar-refractivity contribution in [2.45, 2.75) is 25.7 Å². The number of hydrogen-bond acceptors (Lipinski definition) is 2. The van der Waals surface area contributed by atoms with Gasteiger partial charge in [-0.3, -0.25) is 4.57 Å². The molecule has 100 valence electrons. The molecule has 4 rings (SSSR count). The predicted octanol–water partition coefficient (Wildman–Crippen LogP) is 3.79. The highest BCUT2D eigenvalue weighted by Crippen LogP contribution is 2.41. The maximum Gasteiger partial charge on any atom is 0.117 e. The Morgan fingerprint density at radius 1 is 1.10 bits per heavy atom. The molecule has 1 aromatic heterocycles. The number of aryl methyl sites for hydroxylation is 1. The van der Waals surface area contributed by atoms with Crippen molar-refractivity contribution in [2.24, 2.45) is 0 Å². The van der Waals surface area contributed by atoms with Crippen molar-refractivity contribution < 1.29 is 0 Å². The third-order valence-electron chi connectivity index (χ3n) is 3.94. The molecular formula is C17H17N3. The standard InChI is InChI=1S/C17H17N3/c1-11-2-7-14(8-3-11)20-16-9-6-13(18)10-15(16)19-17(20)12-4-5-12/h2-3,6-10,12H,4-5,18H2,1H3. The normalized spacial score (nSPS) is 14.8. The van der Waals surface area contributed by atoms with Crippen LogP contribution in [0.5, 0.6) is 0 Å². The van der Waals surface area contributed by atoms with Crippen LogP contribution in [0, 0.1) is 6.92 Å². The number of nitrogen functional groups attached to an aromatic ring is 1. The minimum Gasteiger partial charge on any atom is -0.399 e. The molecule has 1 saturated carbocycles. The molecule has 0 aliphatic heterocycles. The van der Waals surface area contributed by atoms with Crippen LogP contribution in [0.25, 0.3) is 16.7 Å². The van der Waals surface area contributed by atoms with Gasteiger partial charge in [-0.15, -0.1) is 0 Å². The molecule has 0 atom stereocenters. The fraction of sp³-hybridized carbons (Fsp3) is 0.235. The van der Waals surface area contributed by atoms with Crippen LogP contribution in [-0.4, -0.2) is 9.55 Å². The molecule has 1 aliphatic rings. The minimum absolute atomic E-state index is 0.602. The fourth-order valence-corrected chi connectivity index (χ4v) is 2.70. The van der Waals surface area contributed by atoms with E-state index in [0.29, 0.717) is 5.92 Å². The third kappa shape index (κ3) is 1.78. The first-order valence-electron chi connectivity index (χ1n) is 7.07. The zero-order valence-electron chi connectivity index (χ0n) is 11.5. The Labute approximate surface area is 118 Å². The predicted molar refractivity (Wildman–Crippen MR) is 82.2 cm³/mol. The number of nitrogens with two attached hydrogens (primary N) is 1. The lowest BCUT2D eigenvalue weighted by molar-refractivity contribution is 0.896. The third-order valence-corrected chi connectivity index (χ3v) is 3.94. The summed E-state index contributed by atoms with van der Waals surface area (Å²) in [5.41, 5.74) is 11.3. The minimum atomic E-state index is 0.602. The van der Waals surface area contributed by atoms with Gasteiger partial charge >= 0.3 is 0 Å². The van der Waals surface area contributed by atoms with Crippen molar-refractivity contribution in [2.75, 3.05) is 5.73 Å². The van der Waals surface area contributed by atoms with Gasteiger partial charge in [0.05, 0.1) is 11.0 Å². The highest BCUT2D eigenvalue weighted by Gasteiger charge is 2.30. The van der Waals surface area contributed by atoms with Gasteiger partial charge in [-0.25, -0.2) is 4.98 Å². The van der Waals surface area contributed by atoms with E-state index in [1.807, 2.05) is 12.1 Å². The zero-order valence-corrected chi connectivity index (χ0v) is 11.5. The van der Waals surface area contributed by atoms with Crippen LogP contribution >= 0.6 is 0 Å². The summed E-state index contributed by atoms with van der Waals surface area (Å²) < 4.78 is 2.28. The molecule has 0 bridgehead atoms. The molecule has 1 aliphatic carbocycles. The van der Waals surface area contributed by atoms with Gasteiger partial charge < -0.3 is 5.73 Å². The largest absolute Gasteiger partial charge is 0.399 e. The molecule has 0 radical (unpaired) electrons. The molecule has 1 fully saturated rings. The number of imidazole rings is 1. The van der Waals surface area contributed by atoms with Gasteiger partial charge in [-0.05, 0) is 50.1 Å². The monoisotopic (exact) mass is 263 g/mol. The van der Waals surface area contributed by atoms with Crippen LogP contribution in [0.3, 0.4) is 0 Å². The molecule has 3 aromatic rings. The summed E-state index contributed by atoms with van der Waals surface area (Å²) in [5, 5.41) is 0. The Morgan fingerprint density at radius 3 is 2.55 bits per heavy atom. The van der Waals surface area contributed by atoms with Crippen LogP contribution < -0.4 is 5.73 Å². The molecule has 0 amide bonds. The van der Waals surface area contributed by atoms with Crippen LogP contribution in [0.15, 0.2) is 42.5 Å². The van der Waals surface area contributed by atoms with E-state index in [4.69, 9.17) is 10.7 Å². The Bertz CT molecular complexity index is 780. The Kier molecular flexibility index (Phi) is 2.36. The van der Waals surface area contributed by atoms with E-state index in [9.17, 15) is 0 Å². The first-order chi connectivity index (χ1) is 9.72. The number of anilines is 1. The molecule has 0 unspecified atom stereocenters. The summed E-state index contributed by atoms with van der Waals surface area (Å²) >= 11 is 0. The van der Waals surface area contributed by atoms with E-state index in [2.05, 4.69) is 41.8 Å². The number of hydrogen-bond donors (Lipinski definition) is 1.